The lowest BCUT2D eigenvalue weighted by atomic mass is 9.72. The molecular formula is C66H54. The fourth-order valence-electron chi connectivity index (χ4n) is 12.2. The Morgan fingerprint density at radius 3 is 0.879 bits per heavy atom. The predicted octanol–water partition coefficient (Wildman–Crippen LogP) is 18.5. The van der Waals surface area contributed by atoms with Crippen molar-refractivity contribution in [3.63, 3.8) is 0 Å². The summed E-state index contributed by atoms with van der Waals surface area (Å²) >= 11 is 0. The molecule has 0 nitrogen and oxygen atoms in total. The van der Waals surface area contributed by atoms with Crippen molar-refractivity contribution < 1.29 is 0 Å². The van der Waals surface area contributed by atoms with Gasteiger partial charge in [-0.2, -0.15) is 0 Å². The summed E-state index contributed by atoms with van der Waals surface area (Å²) in [6, 6.07) is 78.2. The smallest absolute Gasteiger partial charge is 0.0210 e. The molecule has 66 heavy (non-hydrogen) atoms. The fourth-order valence-corrected chi connectivity index (χ4v) is 12.2. The molecule has 10 aromatic carbocycles. The highest BCUT2D eigenvalue weighted by molar-refractivity contribution is 5.94. The highest BCUT2D eigenvalue weighted by Gasteiger charge is 2.42. The molecule has 0 amide bonds. The van der Waals surface area contributed by atoms with E-state index in [0.29, 0.717) is 0 Å². The van der Waals surface area contributed by atoms with E-state index < -0.39 is 0 Å². The van der Waals surface area contributed by atoms with Crippen LogP contribution < -0.4 is 0 Å². The zero-order valence-electron chi connectivity index (χ0n) is 38.5. The molecule has 0 unspecified atom stereocenters. The van der Waals surface area contributed by atoms with Crippen LogP contribution in [0.5, 0.6) is 0 Å². The van der Waals surface area contributed by atoms with Crippen LogP contribution in [0.15, 0.2) is 206 Å². The topological polar surface area (TPSA) is 0 Å². The third-order valence-corrected chi connectivity index (χ3v) is 16.1. The van der Waals surface area contributed by atoms with Crippen LogP contribution in [0.4, 0.5) is 0 Å². The lowest BCUT2D eigenvalue weighted by molar-refractivity contribution is 0.490. The van der Waals surface area contributed by atoms with Crippen LogP contribution in [0.25, 0.3) is 99.4 Å². The minimum absolute atomic E-state index is 0.0388. The fraction of sp³-hybridized carbons (Fsp3) is 0.152. The van der Waals surface area contributed by atoms with Gasteiger partial charge in [-0.3, -0.25) is 0 Å². The molecule has 0 radical (unpaired) electrons. The number of rotatable bonds is 9. The standard InChI is InChI=1S/C66H54/c1-5-65(6-2)61-39-53(46-20-18-45(19-21-46)43-14-10-9-11-15-43)28-32-57(61)59-34-30-55(41-63(59)65)56-31-35-60-58-33-29-54(40-62(58)66(7-3,8-4)64(60)42-56)52-27-26-50-37-49(24-25-51(50)38-52)48-23-22-44-16-12-13-17-47(44)36-48/h9-42H,5-8H2,1-4H3. The highest BCUT2D eigenvalue weighted by Crippen LogP contribution is 2.57. The van der Waals surface area contributed by atoms with Crippen molar-refractivity contribution in [1.29, 1.82) is 0 Å². The van der Waals surface area contributed by atoms with E-state index in [0.717, 1.165) is 25.7 Å². The minimum Gasteiger partial charge on any atom is -0.0642 e. The van der Waals surface area contributed by atoms with Gasteiger partial charge in [-0.15, -0.1) is 0 Å². The van der Waals surface area contributed by atoms with E-state index in [1.54, 1.807) is 0 Å². The first kappa shape index (κ1) is 40.2. The second kappa shape index (κ2) is 15.7. The van der Waals surface area contributed by atoms with Crippen LogP contribution in [-0.4, -0.2) is 0 Å². The van der Waals surface area contributed by atoms with Crippen LogP contribution >= 0.6 is 0 Å². The Hall–Kier alpha value is -7.28. The largest absolute Gasteiger partial charge is 0.0642 e. The minimum atomic E-state index is -0.0540. The van der Waals surface area contributed by atoms with E-state index in [1.165, 1.54) is 122 Å². The highest BCUT2D eigenvalue weighted by atomic mass is 14.5. The summed E-state index contributed by atoms with van der Waals surface area (Å²) in [6.45, 7) is 9.55. The summed E-state index contributed by atoms with van der Waals surface area (Å²) in [7, 11) is 0. The molecule has 12 rings (SSSR count). The van der Waals surface area contributed by atoms with Gasteiger partial charge in [0, 0.05) is 10.8 Å². The molecule has 10 aromatic rings. The van der Waals surface area contributed by atoms with E-state index >= 15 is 0 Å². The van der Waals surface area contributed by atoms with Crippen LogP contribution in [0, 0.1) is 0 Å². The second-order valence-electron chi connectivity index (χ2n) is 18.9. The molecule has 0 fully saturated rings. The van der Waals surface area contributed by atoms with E-state index in [4.69, 9.17) is 0 Å². The Kier molecular flexibility index (Phi) is 9.58. The number of hydrogen-bond donors (Lipinski definition) is 0. The van der Waals surface area contributed by atoms with Crippen molar-refractivity contribution in [1.82, 2.24) is 0 Å². The summed E-state index contributed by atoms with van der Waals surface area (Å²) in [4.78, 5) is 0. The van der Waals surface area contributed by atoms with Crippen LogP contribution in [0.2, 0.25) is 0 Å². The van der Waals surface area contributed by atoms with Gasteiger partial charge in [-0.05, 0) is 190 Å². The Morgan fingerprint density at radius 1 is 0.227 bits per heavy atom. The zero-order valence-corrected chi connectivity index (χ0v) is 38.5. The average Bonchev–Trinajstić information content (AvgIpc) is 3.83. The third-order valence-electron chi connectivity index (χ3n) is 16.1. The Balaban J connectivity index is 0.863. The number of hydrogen-bond acceptors (Lipinski definition) is 0. The van der Waals surface area contributed by atoms with Crippen molar-refractivity contribution in [3.05, 3.63) is 229 Å². The normalized spacial score (nSPS) is 13.9. The molecule has 0 heterocycles. The molecule has 318 valence electrons. The van der Waals surface area contributed by atoms with Crippen LogP contribution in [-0.2, 0) is 10.8 Å². The summed E-state index contributed by atoms with van der Waals surface area (Å²) in [6.07, 6.45) is 4.22. The van der Waals surface area contributed by atoms with E-state index in [-0.39, 0.29) is 10.8 Å². The van der Waals surface area contributed by atoms with Crippen molar-refractivity contribution >= 4 is 21.5 Å². The maximum Gasteiger partial charge on any atom is 0.0210 e. The summed E-state index contributed by atoms with van der Waals surface area (Å²) in [5, 5.41) is 5.08. The first-order valence-corrected chi connectivity index (χ1v) is 24.2. The van der Waals surface area contributed by atoms with Gasteiger partial charge < -0.3 is 0 Å². The third kappa shape index (κ3) is 6.19. The molecule has 0 aromatic heterocycles. The van der Waals surface area contributed by atoms with Crippen molar-refractivity contribution in [3.8, 4) is 77.9 Å². The molecule has 2 aliphatic carbocycles. The molecule has 0 bridgehead atoms. The lowest BCUT2D eigenvalue weighted by Gasteiger charge is -2.31. The maximum absolute atomic E-state index is 2.55. The van der Waals surface area contributed by atoms with Gasteiger partial charge in [-0.25, -0.2) is 0 Å². The Bertz CT molecular complexity index is 3500. The quantitative estimate of drug-likeness (QED) is 0.136. The van der Waals surface area contributed by atoms with E-state index in [2.05, 4.69) is 234 Å². The number of benzene rings is 10. The molecule has 0 heteroatoms. The van der Waals surface area contributed by atoms with Gasteiger partial charge in [0.25, 0.3) is 0 Å². The van der Waals surface area contributed by atoms with Crippen molar-refractivity contribution in [2.75, 3.05) is 0 Å². The van der Waals surface area contributed by atoms with Gasteiger partial charge >= 0.3 is 0 Å². The SMILES string of the molecule is CCC1(CC)c2cc(-c3ccc(-c4ccccc4)cc3)ccc2-c2ccc(-c3ccc4c(c3)C(CC)(CC)c3cc(-c5ccc6cc(-c7ccc8ccccc8c7)ccc6c5)ccc3-4)cc21. The first-order valence-electron chi connectivity index (χ1n) is 24.2. The van der Waals surface area contributed by atoms with Gasteiger partial charge in [0.1, 0.15) is 0 Å². The van der Waals surface area contributed by atoms with Crippen LogP contribution in [0.1, 0.15) is 75.6 Å². The molecule has 0 saturated heterocycles. The average molecular weight is 847 g/mol. The molecule has 0 spiro atoms. The molecular weight excluding hydrogens is 793 g/mol. The molecule has 0 aliphatic heterocycles. The second-order valence-corrected chi connectivity index (χ2v) is 18.9. The molecule has 0 N–H and O–H groups in total. The zero-order chi connectivity index (χ0) is 44.6. The van der Waals surface area contributed by atoms with Crippen LogP contribution in [0.3, 0.4) is 0 Å². The van der Waals surface area contributed by atoms with Gasteiger partial charge in [0.15, 0.2) is 0 Å². The summed E-state index contributed by atoms with van der Waals surface area (Å²) in [5.41, 5.74) is 24.1. The summed E-state index contributed by atoms with van der Waals surface area (Å²) < 4.78 is 0. The Morgan fingerprint density at radius 2 is 0.485 bits per heavy atom. The number of fused-ring (bicyclic) bond motifs is 8. The molecule has 2 aliphatic rings. The van der Waals surface area contributed by atoms with E-state index in [9.17, 15) is 0 Å². The van der Waals surface area contributed by atoms with E-state index in [1.807, 2.05) is 0 Å². The molecule has 0 saturated carbocycles. The van der Waals surface area contributed by atoms with Crippen molar-refractivity contribution in [2.45, 2.75) is 64.2 Å². The molecule has 0 atom stereocenters. The lowest BCUT2D eigenvalue weighted by Crippen LogP contribution is -2.23. The first-order chi connectivity index (χ1) is 32.4. The maximum atomic E-state index is 2.55. The van der Waals surface area contributed by atoms with Gasteiger partial charge in [-0.1, -0.05) is 191 Å². The summed E-state index contributed by atoms with van der Waals surface area (Å²) in [5.74, 6) is 0. The van der Waals surface area contributed by atoms with Gasteiger partial charge in [0.2, 0.25) is 0 Å². The van der Waals surface area contributed by atoms with Gasteiger partial charge in [0.05, 0.1) is 0 Å². The van der Waals surface area contributed by atoms with Crippen molar-refractivity contribution in [2.24, 2.45) is 0 Å². The predicted molar refractivity (Wildman–Crippen MR) is 282 cm³/mol. The Labute approximate surface area is 390 Å². The monoisotopic (exact) mass is 846 g/mol.